The average Bonchev–Trinajstić information content (AvgIpc) is 3.01. The van der Waals surface area contributed by atoms with Crippen molar-refractivity contribution in [1.82, 2.24) is 4.90 Å². The molecule has 1 saturated heterocycles. The van der Waals surface area contributed by atoms with Crippen LogP contribution in [0.2, 0.25) is 5.02 Å². The van der Waals surface area contributed by atoms with Crippen molar-refractivity contribution in [2.24, 2.45) is 0 Å². The standard InChI is InChI=1S/C17H24ClNO2/c18-14-4-3-7-16(12-14)21-13-17(20)8-10-19(11-9-17)15-5-1-2-6-15/h3-4,7,12,15,20H,1-2,5-6,8-11,13H2. The molecule has 3 rings (SSSR count). The van der Waals surface area contributed by atoms with Crippen molar-refractivity contribution in [3.63, 3.8) is 0 Å². The third kappa shape index (κ3) is 3.91. The van der Waals surface area contributed by atoms with Gasteiger partial charge in [-0.15, -0.1) is 0 Å². The maximum absolute atomic E-state index is 10.7. The highest BCUT2D eigenvalue weighted by Crippen LogP contribution is 2.30. The quantitative estimate of drug-likeness (QED) is 0.924. The van der Waals surface area contributed by atoms with Gasteiger partial charge in [-0.3, -0.25) is 0 Å². The molecule has 0 aromatic heterocycles. The van der Waals surface area contributed by atoms with Crippen LogP contribution in [0.4, 0.5) is 0 Å². The SMILES string of the molecule is OC1(COc2cccc(Cl)c2)CCN(C2CCCC2)CC1. The molecule has 0 unspecified atom stereocenters. The van der Waals surface area contributed by atoms with Gasteiger partial charge in [0.05, 0.1) is 0 Å². The molecule has 0 spiro atoms. The van der Waals surface area contributed by atoms with Crippen molar-refractivity contribution in [1.29, 1.82) is 0 Å². The summed E-state index contributed by atoms with van der Waals surface area (Å²) in [6.07, 6.45) is 6.98. The largest absolute Gasteiger partial charge is 0.491 e. The van der Waals surface area contributed by atoms with Gasteiger partial charge in [-0.1, -0.05) is 30.5 Å². The normalized spacial score (nSPS) is 23.3. The van der Waals surface area contributed by atoms with E-state index in [9.17, 15) is 5.11 Å². The van der Waals surface area contributed by atoms with E-state index < -0.39 is 5.60 Å². The number of rotatable bonds is 4. The van der Waals surface area contributed by atoms with Gasteiger partial charge < -0.3 is 14.7 Å². The van der Waals surface area contributed by atoms with Crippen molar-refractivity contribution in [3.8, 4) is 5.75 Å². The first-order valence-corrected chi connectivity index (χ1v) is 8.37. The van der Waals surface area contributed by atoms with Crippen LogP contribution in [0.1, 0.15) is 38.5 Å². The molecular weight excluding hydrogens is 286 g/mol. The molecule has 1 heterocycles. The number of halogens is 1. The van der Waals surface area contributed by atoms with E-state index in [0.29, 0.717) is 11.6 Å². The summed E-state index contributed by atoms with van der Waals surface area (Å²) in [6.45, 7) is 2.33. The molecule has 2 aliphatic rings. The number of aliphatic hydroxyl groups is 1. The second kappa shape index (κ2) is 6.55. The maximum Gasteiger partial charge on any atom is 0.120 e. The lowest BCUT2D eigenvalue weighted by atomic mass is 9.91. The molecule has 1 aromatic rings. The minimum absolute atomic E-state index is 0.353. The molecule has 0 atom stereocenters. The summed E-state index contributed by atoms with van der Waals surface area (Å²) in [6, 6.07) is 8.11. The fourth-order valence-electron chi connectivity index (χ4n) is 3.49. The Balaban J connectivity index is 1.49. The van der Waals surface area contributed by atoms with Crippen LogP contribution in [-0.4, -0.2) is 41.3 Å². The molecule has 1 aliphatic heterocycles. The number of piperidine rings is 1. The minimum atomic E-state index is -0.697. The molecule has 1 aliphatic carbocycles. The Hall–Kier alpha value is -0.770. The first-order chi connectivity index (χ1) is 10.1. The molecule has 3 nitrogen and oxygen atoms in total. The fourth-order valence-corrected chi connectivity index (χ4v) is 3.67. The molecule has 1 saturated carbocycles. The first-order valence-electron chi connectivity index (χ1n) is 7.99. The van der Waals surface area contributed by atoms with E-state index >= 15 is 0 Å². The van der Waals surface area contributed by atoms with Crippen LogP contribution in [-0.2, 0) is 0 Å². The van der Waals surface area contributed by atoms with Crippen molar-refractivity contribution in [3.05, 3.63) is 29.3 Å². The molecule has 4 heteroatoms. The van der Waals surface area contributed by atoms with E-state index in [2.05, 4.69) is 4.90 Å². The van der Waals surface area contributed by atoms with E-state index in [4.69, 9.17) is 16.3 Å². The van der Waals surface area contributed by atoms with Crippen LogP contribution in [0.3, 0.4) is 0 Å². The first kappa shape index (κ1) is 15.1. The zero-order valence-electron chi connectivity index (χ0n) is 12.4. The van der Waals surface area contributed by atoms with Crippen LogP contribution in [0.5, 0.6) is 5.75 Å². The Kier molecular flexibility index (Phi) is 4.72. The highest BCUT2D eigenvalue weighted by Gasteiger charge is 2.35. The summed E-state index contributed by atoms with van der Waals surface area (Å²) in [7, 11) is 0. The molecule has 1 aromatic carbocycles. The topological polar surface area (TPSA) is 32.7 Å². The number of likely N-dealkylation sites (tertiary alicyclic amines) is 1. The summed E-state index contributed by atoms with van der Waals surface area (Å²) in [5.41, 5.74) is -0.697. The predicted molar refractivity (Wildman–Crippen MR) is 85.0 cm³/mol. The Morgan fingerprint density at radius 3 is 2.62 bits per heavy atom. The van der Waals surface area contributed by atoms with Crippen molar-refractivity contribution < 1.29 is 9.84 Å². The van der Waals surface area contributed by atoms with E-state index in [0.717, 1.165) is 37.7 Å². The average molecular weight is 310 g/mol. The summed E-state index contributed by atoms with van der Waals surface area (Å²) >= 11 is 5.94. The lowest BCUT2D eigenvalue weighted by Gasteiger charge is -2.40. The zero-order valence-corrected chi connectivity index (χ0v) is 13.2. The maximum atomic E-state index is 10.7. The van der Waals surface area contributed by atoms with Crippen LogP contribution >= 0.6 is 11.6 Å². The fraction of sp³-hybridized carbons (Fsp3) is 0.647. The molecule has 116 valence electrons. The van der Waals surface area contributed by atoms with Gasteiger partial charge in [0.2, 0.25) is 0 Å². The monoisotopic (exact) mass is 309 g/mol. The van der Waals surface area contributed by atoms with Gasteiger partial charge in [-0.25, -0.2) is 0 Å². The second-order valence-electron chi connectivity index (χ2n) is 6.44. The van der Waals surface area contributed by atoms with Gasteiger partial charge in [0.15, 0.2) is 0 Å². The lowest BCUT2D eigenvalue weighted by molar-refractivity contribution is -0.0589. The van der Waals surface area contributed by atoms with E-state index in [1.54, 1.807) is 6.07 Å². The lowest BCUT2D eigenvalue weighted by Crippen LogP contribution is -2.50. The minimum Gasteiger partial charge on any atom is -0.491 e. The van der Waals surface area contributed by atoms with Gasteiger partial charge in [0.25, 0.3) is 0 Å². The Morgan fingerprint density at radius 1 is 1.24 bits per heavy atom. The van der Waals surface area contributed by atoms with Crippen molar-refractivity contribution >= 4 is 11.6 Å². The van der Waals surface area contributed by atoms with E-state index in [1.807, 2.05) is 18.2 Å². The summed E-state index contributed by atoms with van der Waals surface area (Å²) in [4.78, 5) is 2.56. The third-order valence-corrected chi connectivity index (χ3v) is 5.11. The molecule has 21 heavy (non-hydrogen) atoms. The third-order valence-electron chi connectivity index (χ3n) is 4.87. The molecule has 0 amide bonds. The number of benzene rings is 1. The van der Waals surface area contributed by atoms with Gasteiger partial charge in [-0.05, 0) is 43.9 Å². The predicted octanol–water partition coefficient (Wildman–Crippen LogP) is 3.49. The number of nitrogens with zero attached hydrogens (tertiary/aromatic N) is 1. The van der Waals surface area contributed by atoms with Gasteiger partial charge >= 0.3 is 0 Å². The van der Waals surface area contributed by atoms with Gasteiger partial charge in [0.1, 0.15) is 18.0 Å². The van der Waals surface area contributed by atoms with Crippen LogP contribution in [0.15, 0.2) is 24.3 Å². The Morgan fingerprint density at radius 2 is 1.95 bits per heavy atom. The molecule has 2 fully saturated rings. The van der Waals surface area contributed by atoms with Gasteiger partial charge in [-0.2, -0.15) is 0 Å². The molecule has 0 radical (unpaired) electrons. The molecule has 0 bridgehead atoms. The highest BCUT2D eigenvalue weighted by molar-refractivity contribution is 6.30. The number of ether oxygens (including phenoxy) is 1. The molecular formula is C17H24ClNO2. The van der Waals surface area contributed by atoms with Crippen molar-refractivity contribution in [2.75, 3.05) is 19.7 Å². The van der Waals surface area contributed by atoms with E-state index in [-0.39, 0.29) is 0 Å². The smallest absolute Gasteiger partial charge is 0.120 e. The zero-order chi connectivity index (χ0) is 14.7. The van der Waals surface area contributed by atoms with Crippen LogP contribution in [0.25, 0.3) is 0 Å². The summed E-state index contributed by atoms with van der Waals surface area (Å²) < 4.78 is 5.74. The van der Waals surface area contributed by atoms with Crippen molar-refractivity contribution in [2.45, 2.75) is 50.2 Å². The Labute approximate surface area is 131 Å². The van der Waals surface area contributed by atoms with Crippen LogP contribution < -0.4 is 4.74 Å². The number of hydrogen-bond acceptors (Lipinski definition) is 3. The second-order valence-corrected chi connectivity index (χ2v) is 6.88. The number of hydrogen-bond donors (Lipinski definition) is 1. The van der Waals surface area contributed by atoms with Gasteiger partial charge in [0, 0.05) is 24.2 Å². The van der Waals surface area contributed by atoms with Crippen LogP contribution in [0, 0.1) is 0 Å². The summed E-state index contributed by atoms with van der Waals surface area (Å²) in [5, 5.41) is 11.3. The Bertz CT molecular complexity index is 466. The summed E-state index contributed by atoms with van der Waals surface area (Å²) in [5.74, 6) is 0.731. The highest BCUT2D eigenvalue weighted by atomic mass is 35.5. The van der Waals surface area contributed by atoms with E-state index in [1.165, 1.54) is 25.7 Å². The molecule has 1 N–H and O–H groups in total.